The van der Waals surface area contributed by atoms with E-state index in [0.29, 0.717) is 49.7 Å². The van der Waals surface area contributed by atoms with E-state index in [1.165, 1.54) is 0 Å². The first kappa shape index (κ1) is 31.9. The highest BCUT2D eigenvalue weighted by molar-refractivity contribution is 6.34. The fraction of sp³-hybridized carbons (Fsp3) is 0.611. The highest BCUT2D eigenvalue weighted by Gasteiger charge is 2.71. The minimum absolute atomic E-state index is 0.00121. The van der Waals surface area contributed by atoms with E-state index in [9.17, 15) is 18.4 Å². The van der Waals surface area contributed by atoms with E-state index in [2.05, 4.69) is 22.0 Å². The molecule has 3 aliphatic heterocycles. The molecule has 1 aromatic carbocycles. The van der Waals surface area contributed by atoms with Crippen LogP contribution < -0.4 is 4.90 Å². The van der Waals surface area contributed by atoms with E-state index in [0.717, 1.165) is 60.2 Å². The normalized spacial score (nSPS) is 27.9. The molecule has 2 spiro atoms. The number of aryl methyl sites for hydroxylation is 1. The Labute approximate surface area is 284 Å². The Hall–Kier alpha value is -3.31. The zero-order valence-corrected chi connectivity index (χ0v) is 28.8. The summed E-state index contributed by atoms with van der Waals surface area (Å²) in [6, 6.07) is 8.20. The third kappa shape index (κ3) is 4.93. The van der Waals surface area contributed by atoms with Crippen molar-refractivity contribution in [3.8, 4) is 11.3 Å². The van der Waals surface area contributed by atoms with Gasteiger partial charge < -0.3 is 19.1 Å². The maximum absolute atomic E-state index is 14.7. The molecule has 4 fully saturated rings. The van der Waals surface area contributed by atoms with Crippen molar-refractivity contribution in [1.82, 2.24) is 24.3 Å². The summed E-state index contributed by atoms with van der Waals surface area (Å²) < 4.78 is 36.2. The molecule has 8 rings (SSSR count). The second-order valence-corrected chi connectivity index (χ2v) is 16.0. The van der Waals surface area contributed by atoms with Crippen LogP contribution in [0.4, 0.5) is 19.3 Å². The van der Waals surface area contributed by atoms with E-state index >= 15 is 0 Å². The van der Waals surface area contributed by atoms with Gasteiger partial charge in [0.25, 0.3) is 5.92 Å². The molecule has 5 heterocycles. The number of anilines is 1. The van der Waals surface area contributed by atoms with Crippen LogP contribution in [0.2, 0.25) is 5.15 Å². The van der Waals surface area contributed by atoms with Gasteiger partial charge in [0, 0.05) is 55.9 Å². The van der Waals surface area contributed by atoms with Gasteiger partial charge in [-0.1, -0.05) is 23.7 Å². The fourth-order valence-corrected chi connectivity index (χ4v) is 9.10. The Balaban J connectivity index is 1.10. The number of piperidine rings is 2. The van der Waals surface area contributed by atoms with Gasteiger partial charge in [-0.05, 0) is 90.5 Å². The van der Waals surface area contributed by atoms with Crippen LogP contribution in [0, 0.1) is 5.41 Å². The lowest BCUT2D eigenvalue weighted by Crippen LogP contribution is -2.59. The van der Waals surface area contributed by atoms with Crippen molar-refractivity contribution >= 4 is 40.3 Å². The van der Waals surface area contributed by atoms with Crippen LogP contribution in [-0.2, 0) is 21.5 Å². The van der Waals surface area contributed by atoms with Crippen LogP contribution in [-0.4, -0.2) is 86.1 Å². The van der Waals surface area contributed by atoms with Gasteiger partial charge in [-0.25, -0.2) is 23.5 Å². The number of nitrogens with zero attached hydrogens (tertiary/aromatic N) is 6. The van der Waals surface area contributed by atoms with Crippen LogP contribution >= 0.6 is 11.6 Å². The van der Waals surface area contributed by atoms with Crippen LogP contribution in [0.25, 0.3) is 22.3 Å². The number of hydrogen-bond donors (Lipinski definition) is 0. The first-order valence-corrected chi connectivity index (χ1v) is 17.7. The molecule has 256 valence electrons. The highest BCUT2D eigenvalue weighted by atomic mass is 35.5. The van der Waals surface area contributed by atoms with Gasteiger partial charge in [0.05, 0.1) is 28.4 Å². The van der Waals surface area contributed by atoms with E-state index in [4.69, 9.17) is 21.3 Å². The monoisotopic (exact) mass is 680 g/mol. The van der Waals surface area contributed by atoms with E-state index in [-0.39, 0.29) is 30.5 Å². The van der Waals surface area contributed by atoms with Gasteiger partial charge in [0.2, 0.25) is 5.91 Å². The second kappa shape index (κ2) is 10.8. The van der Waals surface area contributed by atoms with Crippen molar-refractivity contribution in [3.63, 3.8) is 0 Å². The Morgan fingerprint density at radius 1 is 1.08 bits per heavy atom. The maximum atomic E-state index is 14.7. The average molecular weight is 681 g/mol. The zero-order chi connectivity index (χ0) is 33.8. The number of aromatic nitrogens is 3. The third-order valence-corrected chi connectivity index (χ3v) is 11.9. The summed E-state index contributed by atoms with van der Waals surface area (Å²) in [5.41, 5.74) is 2.71. The maximum Gasteiger partial charge on any atom is 0.410 e. The molecule has 9 nitrogen and oxygen atoms in total. The third-order valence-electron chi connectivity index (χ3n) is 11.6. The standard InChI is InChI=1S/C36H43ClF2N6O3/c1-5-42-21-40-27-18-26(41-30(37)29(27)42)22-7-8-25-28(15-22)45(24-16-23(17-24)44-12-6-9-34(20-44)19-36(34,38)39)31(46)35(25)10-13-43(14-11-35)32(47)48-33(2,3)4/h7-8,15,18,21,23-24H,5-6,9-14,16-17,19-20H2,1-4H3. The molecule has 0 N–H and O–H groups in total. The Bertz CT molecular complexity index is 1810. The molecule has 1 unspecified atom stereocenters. The van der Waals surface area contributed by atoms with Gasteiger partial charge in [0.15, 0.2) is 5.15 Å². The number of pyridine rings is 1. The molecule has 48 heavy (non-hydrogen) atoms. The SMILES string of the molecule is CCn1cnc2cc(-c3ccc4c(c3)N(C3CC(N5CCCC6(C5)CC6(F)F)C3)C(=O)C43CCN(C(=O)OC(C)(C)C)CC3)nc(Cl)c21. The zero-order valence-electron chi connectivity index (χ0n) is 28.1. The first-order valence-electron chi connectivity index (χ1n) is 17.3. The molecule has 2 aliphatic carbocycles. The predicted molar refractivity (Wildman–Crippen MR) is 179 cm³/mol. The lowest BCUT2D eigenvalue weighted by Gasteiger charge is -2.49. The number of likely N-dealkylation sites (tertiary alicyclic amines) is 2. The number of ether oxygens (including phenoxy) is 1. The number of carbonyl (C=O) groups is 2. The lowest BCUT2D eigenvalue weighted by atomic mass is 9.73. The van der Waals surface area contributed by atoms with Crippen LogP contribution in [0.5, 0.6) is 0 Å². The smallest absolute Gasteiger partial charge is 0.410 e. The molecule has 0 bridgehead atoms. The number of amides is 2. The summed E-state index contributed by atoms with van der Waals surface area (Å²) >= 11 is 6.69. The summed E-state index contributed by atoms with van der Waals surface area (Å²) in [6.07, 6.45) is 5.29. The number of carbonyl (C=O) groups excluding carboxylic acids is 2. The van der Waals surface area contributed by atoms with Crippen molar-refractivity contribution in [2.45, 2.75) is 108 Å². The summed E-state index contributed by atoms with van der Waals surface area (Å²) in [5, 5.41) is 0.378. The van der Waals surface area contributed by atoms with Crippen LogP contribution in [0.1, 0.15) is 78.2 Å². The fourth-order valence-electron chi connectivity index (χ4n) is 8.80. The number of alkyl halides is 2. The summed E-state index contributed by atoms with van der Waals surface area (Å²) in [4.78, 5) is 42.9. The van der Waals surface area contributed by atoms with E-state index in [1.54, 1.807) is 11.2 Å². The molecular weight excluding hydrogens is 638 g/mol. The predicted octanol–water partition coefficient (Wildman–Crippen LogP) is 7.04. The van der Waals surface area contributed by atoms with Crippen molar-refractivity contribution in [2.75, 3.05) is 31.1 Å². The quantitative estimate of drug-likeness (QED) is 0.275. The summed E-state index contributed by atoms with van der Waals surface area (Å²) in [5.74, 6) is -2.49. The molecule has 0 radical (unpaired) electrons. The first-order chi connectivity index (χ1) is 22.7. The Morgan fingerprint density at radius 3 is 2.48 bits per heavy atom. The van der Waals surface area contributed by atoms with Crippen molar-refractivity contribution in [3.05, 3.63) is 41.3 Å². The van der Waals surface area contributed by atoms with E-state index in [1.807, 2.05) is 49.3 Å². The highest BCUT2D eigenvalue weighted by Crippen LogP contribution is 2.65. The van der Waals surface area contributed by atoms with E-state index < -0.39 is 22.4 Å². The van der Waals surface area contributed by atoms with Crippen molar-refractivity contribution in [2.24, 2.45) is 5.41 Å². The summed E-state index contributed by atoms with van der Waals surface area (Å²) in [6.45, 7) is 10.4. The second-order valence-electron chi connectivity index (χ2n) is 15.7. The Kier molecular flexibility index (Phi) is 7.21. The molecule has 5 aliphatic rings. The number of fused-ring (bicyclic) bond motifs is 3. The summed E-state index contributed by atoms with van der Waals surface area (Å²) in [7, 11) is 0. The number of benzene rings is 1. The lowest BCUT2D eigenvalue weighted by molar-refractivity contribution is -0.126. The van der Waals surface area contributed by atoms with Gasteiger partial charge in [0.1, 0.15) is 11.1 Å². The molecule has 2 saturated heterocycles. The van der Waals surface area contributed by atoms with Crippen molar-refractivity contribution < 1.29 is 23.1 Å². The molecule has 1 atom stereocenters. The number of rotatable bonds is 4. The topological polar surface area (TPSA) is 83.8 Å². The minimum atomic E-state index is -2.55. The molecule has 2 amide bonds. The Morgan fingerprint density at radius 2 is 1.81 bits per heavy atom. The van der Waals surface area contributed by atoms with Gasteiger partial charge in [-0.2, -0.15) is 0 Å². The average Bonchev–Trinajstić information content (AvgIpc) is 3.27. The number of hydrogen-bond acceptors (Lipinski definition) is 6. The van der Waals surface area contributed by atoms with Crippen LogP contribution in [0.15, 0.2) is 30.6 Å². The van der Waals surface area contributed by atoms with Gasteiger partial charge in [-0.15, -0.1) is 0 Å². The molecular formula is C36H43ClF2N6O3. The van der Waals surface area contributed by atoms with Gasteiger partial charge >= 0.3 is 6.09 Å². The largest absolute Gasteiger partial charge is 0.444 e. The minimum Gasteiger partial charge on any atom is -0.444 e. The number of halogens is 3. The molecule has 3 aromatic rings. The molecule has 12 heteroatoms. The molecule has 2 aromatic heterocycles. The van der Waals surface area contributed by atoms with Crippen molar-refractivity contribution in [1.29, 1.82) is 0 Å². The van der Waals surface area contributed by atoms with Gasteiger partial charge in [-0.3, -0.25) is 9.69 Å². The van der Waals surface area contributed by atoms with Crippen LogP contribution in [0.3, 0.4) is 0 Å². The number of imidazole rings is 1. The molecule has 2 saturated carbocycles.